The summed E-state index contributed by atoms with van der Waals surface area (Å²) in [5.74, 6) is -0.725. The predicted molar refractivity (Wildman–Crippen MR) is 174 cm³/mol. The summed E-state index contributed by atoms with van der Waals surface area (Å²) >= 11 is 0. The van der Waals surface area contributed by atoms with E-state index in [-0.39, 0.29) is 63.5 Å². The molecule has 1 atom stereocenters. The molecule has 1 saturated heterocycles. The van der Waals surface area contributed by atoms with Crippen LogP contribution in [0.1, 0.15) is 82.4 Å². The second-order valence-electron chi connectivity index (χ2n) is 12.8. The van der Waals surface area contributed by atoms with Crippen LogP contribution in [0.5, 0.6) is 0 Å². The van der Waals surface area contributed by atoms with E-state index in [1.807, 2.05) is 39.5 Å². The Kier molecular flexibility index (Phi) is 8.07. The summed E-state index contributed by atoms with van der Waals surface area (Å²) in [6, 6.07) is 5.06. The first-order valence-corrected chi connectivity index (χ1v) is 15.7. The van der Waals surface area contributed by atoms with Crippen LogP contribution >= 0.6 is 0 Å². The number of nitrogens with zero attached hydrogens (tertiary/aromatic N) is 7. The van der Waals surface area contributed by atoms with E-state index in [0.29, 0.717) is 36.7 Å². The van der Waals surface area contributed by atoms with Gasteiger partial charge in [0.1, 0.15) is 23.2 Å². The Morgan fingerprint density at radius 3 is 2.26 bits per heavy atom. The minimum Gasteiger partial charge on any atom is -0.398 e. The van der Waals surface area contributed by atoms with Gasteiger partial charge in [0.2, 0.25) is 5.91 Å². The Labute approximate surface area is 266 Å². The van der Waals surface area contributed by atoms with Gasteiger partial charge < -0.3 is 15.5 Å². The van der Waals surface area contributed by atoms with Crippen LogP contribution in [0, 0.1) is 11.6 Å². The first kappa shape index (κ1) is 31.3. The summed E-state index contributed by atoms with van der Waals surface area (Å²) in [7, 11) is 0. The number of piperazine rings is 1. The van der Waals surface area contributed by atoms with Crippen molar-refractivity contribution in [1.82, 2.24) is 29.4 Å². The molecule has 4 heterocycles. The molecule has 2 N–H and O–H groups in total. The van der Waals surface area contributed by atoms with Crippen molar-refractivity contribution in [3.05, 3.63) is 76.3 Å². The number of carbonyl (C=O) groups is 1. The van der Waals surface area contributed by atoms with Crippen LogP contribution in [0.25, 0.3) is 28.0 Å². The number of fused-ring (bicyclic) bond motifs is 1. The summed E-state index contributed by atoms with van der Waals surface area (Å²) in [4.78, 5) is 49.3. The fraction of sp³-hybridized carbons (Fsp3) is 0.412. The van der Waals surface area contributed by atoms with E-state index < -0.39 is 17.3 Å². The average Bonchev–Trinajstić information content (AvgIpc) is 3.86. The molecule has 1 amide bonds. The van der Waals surface area contributed by atoms with Crippen molar-refractivity contribution in [2.75, 3.05) is 30.3 Å². The molecular weight excluding hydrogens is 590 g/mol. The number of nitrogens with two attached hydrogens (primary N) is 1. The SMILES string of the molecule is C=CC(=O)N1CCN(c2nc(=O)n(-c3c(C(C)C)nc(C4CC4)nc3C(C)C)c3nc(-c4c(N)cccc4F)c(F)cc23)[C@@H](C)C1. The molecule has 0 spiro atoms. The lowest BCUT2D eigenvalue weighted by atomic mass is 10.0. The largest absolute Gasteiger partial charge is 0.398 e. The highest BCUT2D eigenvalue weighted by atomic mass is 19.1. The second-order valence-corrected chi connectivity index (χ2v) is 12.8. The molecule has 1 aromatic carbocycles. The molecule has 46 heavy (non-hydrogen) atoms. The van der Waals surface area contributed by atoms with Gasteiger partial charge in [0.25, 0.3) is 0 Å². The van der Waals surface area contributed by atoms with Crippen molar-refractivity contribution in [3.63, 3.8) is 0 Å². The topological polar surface area (TPSA) is 123 Å². The Morgan fingerprint density at radius 2 is 1.70 bits per heavy atom. The van der Waals surface area contributed by atoms with Gasteiger partial charge in [-0.2, -0.15) is 4.98 Å². The molecule has 0 radical (unpaired) electrons. The van der Waals surface area contributed by atoms with Gasteiger partial charge in [-0.05, 0) is 55.9 Å². The summed E-state index contributed by atoms with van der Waals surface area (Å²) < 4.78 is 32.7. The normalized spacial score (nSPS) is 16.9. The van der Waals surface area contributed by atoms with E-state index in [9.17, 15) is 9.59 Å². The van der Waals surface area contributed by atoms with E-state index in [1.165, 1.54) is 34.9 Å². The van der Waals surface area contributed by atoms with Crippen molar-refractivity contribution in [1.29, 1.82) is 0 Å². The third-order valence-corrected chi connectivity index (χ3v) is 8.69. The Morgan fingerprint density at radius 1 is 1.02 bits per heavy atom. The predicted octanol–water partition coefficient (Wildman–Crippen LogP) is 5.45. The van der Waals surface area contributed by atoms with Crippen molar-refractivity contribution in [2.24, 2.45) is 0 Å². The molecule has 0 unspecified atom stereocenters. The minimum atomic E-state index is -0.820. The summed E-state index contributed by atoms with van der Waals surface area (Å²) in [5, 5.41) is 0.252. The number of rotatable bonds is 7. The van der Waals surface area contributed by atoms with Crippen LogP contribution in [-0.2, 0) is 4.79 Å². The number of carbonyl (C=O) groups excluding carboxylic acids is 1. The molecule has 1 aliphatic carbocycles. The fourth-order valence-corrected chi connectivity index (χ4v) is 6.16. The van der Waals surface area contributed by atoms with Gasteiger partial charge in [0, 0.05) is 37.3 Å². The molecule has 1 aliphatic heterocycles. The van der Waals surface area contributed by atoms with Crippen LogP contribution in [0.15, 0.2) is 41.7 Å². The summed E-state index contributed by atoms with van der Waals surface area (Å²) in [6.45, 7) is 14.5. The smallest absolute Gasteiger partial charge is 0.355 e. The highest BCUT2D eigenvalue weighted by Gasteiger charge is 2.34. The van der Waals surface area contributed by atoms with Gasteiger partial charge >= 0.3 is 5.69 Å². The van der Waals surface area contributed by atoms with Crippen molar-refractivity contribution < 1.29 is 13.6 Å². The number of halogens is 2. The number of aromatic nitrogens is 5. The number of nitrogen functional groups attached to an aromatic ring is 1. The maximum Gasteiger partial charge on any atom is 0.355 e. The highest BCUT2D eigenvalue weighted by molar-refractivity contribution is 5.92. The lowest BCUT2D eigenvalue weighted by molar-refractivity contribution is -0.126. The Hall–Kier alpha value is -4.74. The van der Waals surface area contributed by atoms with Crippen LogP contribution in [0.3, 0.4) is 0 Å². The van der Waals surface area contributed by atoms with Gasteiger partial charge in [-0.1, -0.05) is 40.3 Å². The molecule has 4 aromatic rings. The fourth-order valence-electron chi connectivity index (χ4n) is 6.16. The number of benzene rings is 1. The van der Waals surface area contributed by atoms with Crippen molar-refractivity contribution in [3.8, 4) is 16.9 Å². The van der Waals surface area contributed by atoms with Gasteiger partial charge in [-0.3, -0.25) is 4.79 Å². The minimum absolute atomic E-state index is 0.00779. The molecule has 12 heteroatoms. The average molecular weight is 629 g/mol. The molecule has 0 bridgehead atoms. The first-order chi connectivity index (χ1) is 21.9. The zero-order valence-electron chi connectivity index (χ0n) is 26.7. The highest BCUT2D eigenvalue weighted by Crippen LogP contribution is 2.41. The van der Waals surface area contributed by atoms with Gasteiger partial charge in [-0.15, -0.1) is 0 Å². The molecule has 6 rings (SSSR count). The maximum atomic E-state index is 16.1. The molecule has 10 nitrogen and oxygen atoms in total. The molecule has 2 aliphatic rings. The van der Waals surface area contributed by atoms with E-state index in [1.54, 1.807) is 4.90 Å². The zero-order chi connectivity index (χ0) is 33.0. The molecule has 2 fully saturated rings. The number of amides is 1. The first-order valence-electron chi connectivity index (χ1n) is 15.7. The maximum absolute atomic E-state index is 16.1. The second kappa shape index (κ2) is 11.9. The van der Waals surface area contributed by atoms with Crippen molar-refractivity contribution in [2.45, 2.75) is 71.3 Å². The number of pyridine rings is 1. The van der Waals surface area contributed by atoms with E-state index in [0.717, 1.165) is 18.7 Å². The van der Waals surface area contributed by atoms with Crippen LogP contribution in [0.4, 0.5) is 20.3 Å². The van der Waals surface area contributed by atoms with Gasteiger partial charge in [0.05, 0.1) is 28.0 Å². The quantitative estimate of drug-likeness (QED) is 0.212. The van der Waals surface area contributed by atoms with Crippen molar-refractivity contribution >= 4 is 28.4 Å². The molecular formula is C34H38F2N8O2. The third kappa shape index (κ3) is 5.39. The summed E-state index contributed by atoms with van der Waals surface area (Å²) in [6.07, 6.45) is 3.28. The molecule has 1 saturated carbocycles. The lowest BCUT2D eigenvalue weighted by Gasteiger charge is -2.40. The zero-order valence-corrected chi connectivity index (χ0v) is 26.7. The third-order valence-electron chi connectivity index (χ3n) is 8.69. The van der Waals surface area contributed by atoms with Crippen LogP contribution < -0.4 is 16.3 Å². The monoisotopic (exact) mass is 628 g/mol. The Balaban J connectivity index is 1.68. The summed E-state index contributed by atoms with van der Waals surface area (Å²) in [5.41, 5.74) is 6.81. The van der Waals surface area contributed by atoms with E-state index in [4.69, 9.17) is 15.7 Å². The number of hydrogen-bond donors (Lipinski definition) is 1. The molecule has 240 valence electrons. The number of hydrogen-bond acceptors (Lipinski definition) is 8. The molecule has 3 aromatic heterocycles. The van der Waals surface area contributed by atoms with E-state index >= 15 is 8.78 Å². The number of anilines is 2. The standard InChI is InChI=1S/C34H38F2N8O2/c1-7-25(45)42-13-14-43(19(6)16-42)32-21-15-23(36)29(26-22(35)9-8-10-24(26)37)40-33(21)44(34(46)41-32)30-27(17(2)3)38-31(20-11-12-20)39-28(30)18(4)5/h7-10,15,17-20H,1,11-14,16,37H2,2-6H3/t19-/m0/s1. The lowest BCUT2D eigenvalue weighted by Crippen LogP contribution is -2.54. The van der Waals surface area contributed by atoms with Gasteiger partial charge in [-0.25, -0.2) is 33.1 Å². The Bertz CT molecular complexity index is 1890. The van der Waals surface area contributed by atoms with E-state index in [2.05, 4.69) is 16.5 Å². The van der Waals surface area contributed by atoms with Crippen LogP contribution in [0.2, 0.25) is 0 Å². The van der Waals surface area contributed by atoms with Gasteiger partial charge in [0.15, 0.2) is 11.5 Å². The van der Waals surface area contributed by atoms with Crippen LogP contribution in [-0.4, -0.2) is 61.0 Å².